The Morgan fingerprint density at radius 1 is 0.906 bits per heavy atom. The van der Waals surface area contributed by atoms with Crippen LogP contribution < -0.4 is 10.7 Å². The smallest absolute Gasteiger partial charge is 0.281 e. The highest BCUT2D eigenvalue weighted by molar-refractivity contribution is 6.02. The van der Waals surface area contributed by atoms with Crippen molar-refractivity contribution in [1.29, 1.82) is 0 Å². The van der Waals surface area contributed by atoms with Crippen molar-refractivity contribution in [1.82, 2.24) is 29.5 Å². The first kappa shape index (κ1) is 21.0. The Hall–Kier alpha value is -4.21. The maximum absolute atomic E-state index is 14.3. The fourth-order valence-corrected chi connectivity index (χ4v) is 3.29. The molecule has 162 valence electrons. The van der Waals surface area contributed by atoms with Crippen molar-refractivity contribution in [2.24, 2.45) is 0 Å². The van der Waals surface area contributed by atoms with Crippen LogP contribution in [0.5, 0.6) is 0 Å². The lowest BCUT2D eigenvalue weighted by molar-refractivity contribution is 0.101. The zero-order valence-electron chi connectivity index (χ0n) is 17.9. The van der Waals surface area contributed by atoms with Crippen LogP contribution >= 0.6 is 0 Å². The maximum atomic E-state index is 14.3. The van der Waals surface area contributed by atoms with Gasteiger partial charge < -0.3 is 5.32 Å². The van der Waals surface area contributed by atoms with E-state index >= 15 is 0 Å². The molecule has 0 saturated heterocycles. The molecular weight excluding hydrogens is 413 g/mol. The van der Waals surface area contributed by atoms with E-state index in [2.05, 4.69) is 25.5 Å². The molecule has 0 saturated carbocycles. The average Bonchev–Trinajstić information content (AvgIpc) is 3.08. The number of hydrogen-bond donors (Lipinski definition) is 1. The molecule has 0 fully saturated rings. The average molecular weight is 433 g/mol. The lowest BCUT2D eigenvalue weighted by atomic mass is 10.2. The van der Waals surface area contributed by atoms with Crippen molar-refractivity contribution in [2.75, 3.05) is 5.32 Å². The largest absolute Gasteiger partial charge is 0.305 e. The monoisotopic (exact) mass is 433 g/mol. The number of amides is 1. The van der Waals surface area contributed by atoms with Crippen LogP contribution in [0.2, 0.25) is 0 Å². The van der Waals surface area contributed by atoms with E-state index in [1.165, 1.54) is 27.6 Å². The van der Waals surface area contributed by atoms with Crippen LogP contribution in [-0.4, -0.2) is 35.4 Å². The molecule has 4 aromatic rings. The Balaban J connectivity index is 1.74. The lowest BCUT2D eigenvalue weighted by Gasteiger charge is -2.12. The molecule has 0 aliphatic carbocycles. The lowest BCUT2D eigenvalue weighted by Crippen LogP contribution is -2.28. The van der Waals surface area contributed by atoms with Gasteiger partial charge in [0.1, 0.15) is 17.3 Å². The van der Waals surface area contributed by atoms with Gasteiger partial charge in [-0.05, 0) is 45.9 Å². The number of para-hydroxylation sites is 1. The van der Waals surface area contributed by atoms with Gasteiger partial charge in [0.05, 0.1) is 5.69 Å². The number of hydrogen-bond acceptors (Lipinski definition) is 6. The third-order valence-corrected chi connectivity index (χ3v) is 4.64. The number of anilines is 1. The van der Waals surface area contributed by atoms with Gasteiger partial charge in [0.25, 0.3) is 11.9 Å². The summed E-state index contributed by atoms with van der Waals surface area (Å²) in [6.45, 7) is 7.02. The first-order chi connectivity index (χ1) is 15.2. The Labute approximate surface area is 182 Å². The van der Waals surface area contributed by atoms with Crippen LogP contribution in [0.3, 0.4) is 0 Å². The fourth-order valence-electron chi connectivity index (χ4n) is 3.29. The van der Waals surface area contributed by atoms with Gasteiger partial charge in [-0.25, -0.2) is 19.0 Å². The minimum absolute atomic E-state index is 0.128. The first-order valence-electron chi connectivity index (χ1n) is 9.79. The molecule has 0 unspecified atom stereocenters. The van der Waals surface area contributed by atoms with Crippen molar-refractivity contribution in [3.63, 3.8) is 0 Å². The normalized spacial score (nSPS) is 10.9. The molecule has 3 aromatic heterocycles. The Morgan fingerprint density at radius 3 is 2.28 bits per heavy atom. The molecule has 0 atom stereocenters. The van der Waals surface area contributed by atoms with Crippen molar-refractivity contribution < 1.29 is 9.18 Å². The Morgan fingerprint density at radius 2 is 1.59 bits per heavy atom. The third-order valence-electron chi connectivity index (χ3n) is 4.64. The van der Waals surface area contributed by atoms with Gasteiger partial charge in [0.15, 0.2) is 5.69 Å². The van der Waals surface area contributed by atoms with E-state index in [-0.39, 0.29) is 23.1 Å². The van der Waals surface area contributed by atoms with Gasteiger partial charge in [-0.2, -0.15) is 14.9 Å². The summed E-state index contributed by atoms with van der Waals surface area (Å²) >= 11 is 0. The number of benzene rings is 1. The summed E-state index contributed by atoms with van der Waals surface area (Å²) < 4.78 is 16.9. The molecular formula is C22H20FN7O2. The second kappa shape index (κ2) is 8.14. The number of aromatic nitrogens is 6. The highest BCUT2D eigenvalue weighted by Crippen LogP contribution is 2.17. The van der Waals surface area contributed by atoms with Gasteiger partial charge >= 0.3 is 0 Å². The summed E-state index contributed by atoms with van der Waals surface area (Å²) in [7, 11) is 0. The predicted octanol–water partition coefficient (Wildman–Crippen LogP) is 2.83. The third kappa shape index (κ3) is 4.02. The number of nitrogens with zero attached hydrogens (tertiary/aromatic N) is 6. The molecule has 0 aliphatic heterocycles. The minimum atomic E-state index is -0.759. The van der Waals surface area contributed by atoms with Crippen LogP contribution in [0.25, 0.3) is 11.6 Å². The van der Waals surface area contributed by atoms with Crippen LogP contribution in [0.1, 0.15) is 33.3 Å². The molecule has 4 rings (SSSR count). The van der Waals surface area contributed by atoms with Crippen LogP contribution in [0.15, 0.2) is 47.3 Å². The van der Waals surface area contributed by atoms with Crippen molar-refractivity contribution >= 4 is 11.7 Å². The second-order valence-corrected chi connectivity index (χ2v) is 7.35. The van der Waals surface area contributed by atoms with Gasteiger partial charge in [0.2, 0.25) is 5.43 Å². The second-order valence-electron chi connectivity index (χ2n) is 7.35. The summed E-state index contributed by atoms with van der Waals surface area (Å²) in [6.07, 6.45) is 0. The van der Waals surface area contributed by atoms with E-state index in [9.17, 15) is 14.0 Å². The van der Waals surface area contributed by atoms with E-state index in [4.69, 9.17) is 0 Å². The van der Waals surface area contributed by atoms with Crippen molar-refractivity contribution in [3.05, 3.63) is 87.0 Å². The molecule has 0 aliphatic rings. The van der Waals surface area contributed by atoms with E-state index in [0.717, 1.165) is 11.4 Å². The number of carbonyl (C=O) groups excluding carboxylic acids is 1. The van der Waals surface area contributed by atoms with E-state index in [0.29, 0.717) is 11.4 Å². The number of rotatable bonds is 4. The van der Waals surface area contributed by atoms with Gasteiger partial charge in [0, 0.05) is 29.2 Å². The molecule has 0 radical (unpaired) electrons. The van der Waals surface area contributed by atoms with Crippen LogP contribution in [0, 0.1) is 33.5 Å². The van der Waals surface area contributed by atoms with Crippen LogP contribution in [-0.2, 0) is 0 Å². The quantitative estimate of drug-likeness (QED) is 0.530. The van der Waals surface area contributed by atoms with Crippen molar-refractivity contribution in [2.45, 2.75) is 27.7 Å². The first-order valence-corrected chi connectivity index (χ1v) is 9.79. The SMILES string of the molecule is Cc1cc(C)nc(-n2nc(C)cc2NC(=O)c2nn(-c3ccccc3F)c(C)cc2=O)n1. The zero-order chi connectivity index (χ0) is 23.0. The fraction of sp³-hybridized carbons (Fsp3) is 0.182. The topological polar surface area (TPSA) is 108 Å². The summed E-state index contributed by atoms with van der Waals surface area (Å²) in [5.41, 5.74) is 1.65. The van der Waals surface area contributed by atoms with Crippen molar-refractivity contribution in [3.8, 4) is 11.6 Å². The molecule has 9 nitrogen and oxygen atoms in total. The maximum Gasteiger partial charge on any atom is 0.281 e. The van der Waals surface area contributed by atoms with Gasteiger partial charge in [-0.15, -0.1) is 0 Å². The number of carbonyl (C=O) groups is 1. The predicted molar refractivity (Wildman–Crippen MR) is 116 cm³/mol. The number of halogens is 1. The zero-order valence-corrected chi connectivity index (χ0v) is 17.9. The van der Waals surface area contributed by atoms with E-state index in [1.54, 1.807) is 32.0 Å². The summed E-state index contributed by atoms with van der Waals surface area (Å²) in [5, 5.41) is 11.1. The molecule has 3 heterocycles. The molecule has 1 amide bonds. The number of aryl methyl sites for hydroxylation is 4. The molecule has 0 spiro atoms. The summed E-state index contributed by atoms with van der Waals surface area (Å²) in [4.78, 5) is 34.2. The van der Waals surface area contributed by atoms with E-state index < -0.39 is 17.2 Å². The Bertz CT molecular complexity index is 1390. The highest BCUT2D eigenvalue weighted by Gasteiger charge is 2.20. The molecule has 1 aromatic carbocycles. The Kier molecular flexibility index (Phi) is 5.35. The van der Waals surface area contributed by atoms with Crippen LogP contribution in [0.4, 0.5) is 10.2 Å². The highest BCUT2D eigenvalue weighted by atomic mass is 19.1. The summed E-state index contributed by atoms with van der Waals surface area (Å²) in [6, 6.07) is 10.7. The molecule has 0 bridgehead atoms. The molecule has 10 heteroatoms. The van der Waals surface area contributed by atoms with E-state index in [1.807, 2.05) is 19.9 Å². The van der Waals surface area contributed by atoms with Gasteiger partial charge in [-0.1, -0.05) is 12.1 Å². The van der Waals surface area contributed by atoms with Gasteiger partial charge in [-0.3, -0.25) is 9.59 Å². The molecule has 32 heavy (non-hydrogen) atoms. The molecule has 1 N–H and O–H groups in total. The number of nitrogens with one attached hydrogen (secondary N) is 1. The summed E-state index contributed by atoms with van der Waals surface area (Å²) in [5.74, 6) is -0.729. The minimum Gasteiger partial charge on any atom is -0.305 e. The standard InChI is InChI=1S/C22H20FN7O2/c1-12-9-13(2)25-22(24-12)30-19(10-14(3)27-30)26-21(32)20-18(31)11-15(4)29(28-20)17-8-6-5-7-16(17)23/h5-11H,1-4H3,(H,26,32).